The number of rotatable bonds is 5. The Labute approximate surface area is 177 Å². The van der Waals surface area contributed by atoms with Gasteiger partial charge in [0, 0.05) is 18.2 Å². The summed E-state index contributed by atoms with van der Waals surface area (Å²) in [5.41, 5.74) is 2.20. The predicted octanol–water partition coefficient (Wildman–Crippen LogP) is 4.67. The highest BCUT2D eigenvalue weighted by atomic mass is 16.6. The monoisotopic (exact) mass is 415 g/mol. The van der Waals surface area contributed by atoms with Crippen LogP contribution in [0.2, 0.25) is 0 Å². The zero-order valence-corrected chi connectivity index (χ0v) is 16.5. The number of nitro groups is 1. The third-order valence-corrected chi connectivity index (χ3v) is 4.75. The van der Waals surface area contributed by atoms with E-state index in [9.17, 15) is 19.7 Å². The summed E-state index contributed by atoms with van der Waals surface area (Å²) in [5.74, 6) is -0.152. The molecule has 0 N–H and O–H groups in total. The van der Waals surface area contributed by atoms with Crippen LogP contribution >= 0.6 is 0 Å². The van der Waals surface area contributed by atoms with E-state index in [-0.39, 0.29) is 35.1 Å². The molecule has 0 saturated carbocycles. The van der Waals surface area contributed by atoms with Crippen LogP contribution in [0.5, 0.6) is 11.5 Å². The fourth-order valence-electron chi connectivity index (χ4n) is 3.35. The van der Waals surface area contributed by atoms with Gasteiger partial charge in [0.25, 0.3) is 5.69 Å². The summed E-state index contributed by atoms with van der Waals surface area (Å²) in [6.07, 6.45) is 1.57. The first kappa shape index (κ1) is 20.0. The molecule has 0 radical (unpaired) electrons. The van der Waals surface area contributed by atoms with Gasteiger partial charge in [0.05, 0.1) is 16.9 Å². The van der Waals surface area contributed by atoms with Gasteiger partial charge in [-0.1, -0.05) is 42.5 Å². The van der Waals surface area contributed by atoms with Crippen LogP contribution in [0.25, 0.3) is 6.08 Å². The van der Waals surface area contributed by atoms with Crippen molar-refractivity contribution in [1.29, 1.82) is 0 Å². The topological polar surface area (TPSA) is 95.7 Å². The van der Waals surface area contributed by atoms with Gasteiger partial charge in [0.15, 0.2) is 5.76 Å². The SMILES string of the molecule is Cc1cc(OC(=O)Cc2ccccc2)cc2c1C(=O)/C(=C/c1cccc([N+](=O)[O-])c1)O2. The largest absolute Gasteiger partial charge is 0.452 e. The second kappa shape index (κ2) is 8.23. The quantitative estimate of drug-likeness (QED) is 0.198. The maximum absolute atomic E-state index is 12.8. The number of carbonyl (C=O) groups excluding carboxylic acids is 2. The van der Waals surface area contributed by atoms with E-state index in [0.29, 0.717) is 16.7 Å². The number of allylic oxidation sites excluding steroid dienone is 1. The minimum atomic E-state index is -0.506. The minimum absolute atomic E-state index is 0.0476. The summed E-state index contributed by atoms with van der Waals surface area (Å²) in [6.45, 7) is 1.73. The average molecular weight is 415 g/mol. The molecule has 0 unspecified atom stereocenters. The molecule has 31 heavy (non-hydrogen) atoms. The van der Waals surface area contributed by atoms with Crippen molar-refractivity contribution in [2.45, 2.75) is 13.3 Å². The van der Waals surface area contributed by atoms with Crippen molar-refractivity contribution >= 4 is 23.5 Å². The fraction of sp³-hybridized carbons (Fsp3) is 0.0833. The van der Waals surface area contributed by atoms with Crippen LogP contribution in [0.15, 0.2) is 72.5 Å². The van der Waals surface area contributed by atoms with Crippen LogP contribution in [0, 0.1) is 17.0 Å². The zero-order valence-electron chi connectivity index (χ0n) is 16.5. The highest BCUT2D eigenvalue weighted by Gasteiger charge is 2.30. The lowest BCUT2D eigenvalue weighted by molar-refractivity contribution is -0.384. The van der Waals surface area contributed by atoms with E-state index >= 15 is 0 Å². The van der Waals surface area contributed by atoms with Crippen LogP contribution in [-0.4, -0.2) is 16.7 Å². The third kappa shape index (κ3) is 4.35. The summed E-state index contributed by atoms with van der Waals surface area (Å²) < 4.78 is 11.1. The number of benzene rings is 3. The van der Waals surface area contributed by atoms with E-state index in [0.717, 1.165) is 5.56 Å². The van der Waals surface area contributed by atoms with Gasteiger partial charge in [-0.05, 0) is 35.8 Å². The summed E-state index contributed by atoms with van der Waals surface area (Å²) in [6, 6.07) is 18.2. The molecule has 1 aliphatic rings. The van der Waals surface area contributed by atoms with Crippen LogP contribution in [0.4, 0.5) is 5.69 Å². The minimum Gasteiger partial charge on any atom is -0.452 e. The molecule has 0 atom stereocenters. The number of ketones is 1. The van der Waals surface area contributed by atoms with Gasteiger partial charge in [-0.2, -0.15) is 0 Å². The molecule has 0 fully saturated rings. The maximum Gasteiger partial charge on any atom is 0.315 e. The summed E-state index contributed by atoms with van der Waals surface area (Å²) in [4.78, 5) is 35.5. The number of nitrogens with zero attached hydrogens (tertiary/aromatic N) is 1. The van der Waals surface area contributed by atoms with E-state index < -0.39 is 10.9 Å². The van der Waals surface area contributed by atoms with Crippen LogP contribution < -0.4 is 9.47 Å². The molecule has 4 rings (SSSR count). The Balaban J connectivity index is 1.55. The third-order valence-electron chi connectivity index (χ3n) is 4.75. The molecule has 1 heterocycles. The van der Waals surface area contributed by atoms with Gasteiger partial charge in [0.1, 0.15) is 11.5 Å². The summed E-state index contributed by atoms with van der Waals surface area (Å²) in [5, 5.41) is 11.0. The molecule has 0 saturated heterocycles. The Morgan fingerprint density at radius 3 is 2.61 bits per heavy atom. The lowest BCUT2D eigenvalue weighted by atomic mass is 10.0. The molecular formula is C24H17NO6. The molecule has 0 aromatic heterocycles. The highest BCUT2D eigenvalue weighted by molar-refractivity contribution is 6.15. The van der Waals surface area contributed by atoms with Crippen molar-refractivity contribution in [3.8, 4) is 11.5 Å². The lowest BCUT2D eigenvalue weighted by Gasteiger charge is -2.08. The normalized spacial score (nSPS) is 13.6. The zero-order chi connectivity index (χ0) is 22.0. The van der Waals surface area contributed by atoms with E-state index in [1.54, 1.807) is 19.1 Å². The lowest BCUT2D eigenvalue weighted by Crippen LogP contribution is -2.11. The molecule has 154 valence electrons. The Hall–Kier alpha value is -4.26. The number of carbonyl (C=O) groups is 2. The Bertz CT molecular complexity index is 1230. The molecule has 7 heteroatoms. The van der Waals surface area contributed by atoms with Crippen molar-refractivity contribution in [2.75, 3.05) is 0 Å². The second-order valence-electron chi connectivity index (χ2n) is 7.04. The fourth-order valence-corrected chi connectivity index (χ4v) is 3.35. The molecule has 0 amide bonds. The standard InChI is InChI=1S/C24H17NO6/c1-15-10-19(30-22(26)13-16-6-3-2-4-7-16)14-20-23(15)24(27)21(31-20)12-17-8-5-9-18(11-17)25(28)29/h2-12,14H,13H2,1H3/b21-12-. The Morgan fingerprint density at radius 1 is 1.10 bits per heavy atom. The number of hydrogen-bond acceptors (Lipinski definition) is 6. The molecule has 7 nitrogen and oxygen atoms in total. The number of fused-ring (bicyclic) bond motifs is 1. The van der Waals surface area contributed by atoms with Gasteiger partial charge < -0.3 is 9.47 Å². The van der Waals surface area contributed by atoms with Crippen molar-refractivity contribution in [3.05, 3.63) is 105 Å². The van der Waals surface area contributed by atoms with Crippen molar-refractivity contribution in [2.24, 2.45) is 0 Å². The molecule has 1 aliphatic heterocycles. The number of aryl methyl sites for hydroxylation is 1. The van der Waals surface area contributed by atoms with Crippen LogP contribution in [0.3, 0.4) is 0 Å². The summed E-state index contributed by atoms with van der Waals surface area (Å²) in [7, 11) is 0. The molecule has 0 bridgehead atoms. The van der Waals surface area contributed by atoms with Crippen molar-refractivity contribution in [1.82, 2.24) is 0 Å². The second-order valence-corrected chi connectivity index (χ2v) is 7.04. The van der Waals surface area contributed by atoms with Gasteiger partial charge in [-0.15, -0.1) is 0 Å². The van der Waals surface area contributed by atoms with E-state index in [4.69, 9.17) is 9.47 Å². The first-order chi connectivity index (χ1) is 14.9. The number of nitro benzene ring substituents is 1. The molecular weight excluding hydrogens is 398 g/mol. The van der Waals surface area contributed by atoms with Crippen molar-refractivity contribution < 1.29 is 24.0 Å². The van der Waals surface area contributed by atoms with E-state index in [2.05, 4.69) is 0 Å². The van der Waals surface area contributed by atoms with Crippen LogP contribution in [0.1, 0.15) is 27.0 Å². The number of esters is 1. The number of hydrogen-bond donors (Lipinski definition) is 0. The molecule has 3 aromatic rings. The van der Waals surface area contributed by atoms with Crippen LogP contribution in [-0.2, 0) is 11.2 Å². The number of ether oxygens (including phenoxy) is 2. The summed E-state index contributed by atoms with van der Waals surface area (Å²) >= 11 is 0. The first-order valence-electron chi connectivity index (χ1n) is 9.48. The maximum atomic E-state index is 12.8. The van der Waals surface area contributed by atoms with E-state index in [1.165, 1.54) is 30.3 Å². The highest BCUT2D eigenvalue weighted by Crippen LogP contribution is 2.37. The molecule has 0 aliphatic carbocycles. The number of Topliss-reactive ketones (excluding diaryl/α,β-unsaturated/α-hetero) is 1. The van der Waals surface area contributed by atoms with Gasteiger partial charge in [0.2, 0.25) is 5.78 Å². The first-order valence-corrected chi connectivity index (χ1v) is 9.48. The molecule has 0 spiro atoms. The predicted molar refractivity (Wildman–Crippen MR) is 113 cm³/mol. The Morgan fingerprint density at radius 2 is 1.87 bits per heavy atom. The number of non-ortho nitro benzene ring substituents is 1. The molecule has 3 aromatic carbocycles. The van der Waals surface area contributed by atoms with Gasteiger partial charge in [-0.3, -0.25) is 19.7 Å². The average Bonchev–Trinajstić information content (AvgIpc) is 3.04. The van der Waals surface area contributed by atoms with Gasteiger partial charge >= 0.3 is 5.97 Å². The van der Waals surface area contributed by atoms with Gasteiger partial charge in [-0.25, -0.2) is 0 Å². The Kier molecular flexibility index (Phi) is 5.32. The van der Waals surface area contributed by atoms with Crippen molar-refractivity contribution in [3.63, 3.8) is 0 Å². The smallest absolute Gasteiger partial charge is 0.315 e. The van der Waals surface area contributed by atoms with E-state index in [1.807, 2.05) is 30.3 Å².